The molecule has 118 valence electrons. The van der Waals surface area contributed by atoms with Crippen molar-refractivity contribution in [3.63, 3.8) is 0 Å². The maximum Gasteiger partial charge on any atom is 0.160 e. The smallest absolute Gasteiger partial charge is 0.160 e. The monoisotopic (exact) mass is 363 g/mol. The van der Waals surface area contributed by atoms with E-state index in [1.807, 2.05) is 12.1 Å². The molecular formula is C18H22BrNO2. The van der Waals surface area contributed by atoms with Crippen LogP contribution in [-0.2, 0) is 13.0 Å². The van der Waals surface area contributed by atoms with Gasteiger partial charge in [0.25, 0.3) is 0 Å². The second-order valence-corrected chi connectivity index (χ2v) is 6.22. The topological polar surface area (TPSA) is 30.5 Å². The Hall–Kier alpha value is -1.52. The molecule has 0 heterocycles. The molecule has 1 N–H and O–H groups in total. The zero-order valence-electron chi connectivity index (χ0n) is 13.2. The Labute approximate surface area is 140 Å². The highest BCUT2D eigenvalue weighted by molar-refractivity contribution is 9.10. The van der Waals surface area contributed by atoms with Crippen LogP contribution in [0, 0.1) is 0 Å². The van der Waals surface area contributed by atoms with Gasteiger partial charge in [-0.2, -0.15) is 0 Å². The van der Waals surface area contributed by atoms with Crippen molar-refractivity contribution in [3.05, 3.63) is 58.1 Å². The van der Waals surface area contributed by atoms with Crippen LogP contribution in [0.15, 0.2) is 46.9 Å². The number of methoxy groups -OCH3 is 2. The van der Waals surface area contributed by atoms with E-state index in [0.717, 1.165) is 28.9 Å². The summed E-state index contributed by atoms with van der Waals surface area (Å²) in [5.41, 5.74) is 2.51. The number of nitrogens with one attached hydrogen (secondary N) is 1. The highest BCUT2D eigenvalue weighted by atomic mass is 79.9. The van der Waals surface area contributed by atoms with Gasteiger partial charge in [-0.15, -0.1) is 0 Å². The molecule has 2 aromatic rings. The summed E-state index contributed by atoms with van der Waals surface area (Å²) >= 11 is 3.45. The molecule has 2 aromatic carbocycles. The molecule has 0 fully saturated rings. The van der Waals surface area contributed by atoms with Crippen LogP contribution in [0.1, 0.15) is 18.1 Å². The fourth-order valence-corrected chi connectivity index (χ4v) is 2.59. The van der Waals surface area contributed by atoms with E-state index in [1.165, 1.54) is 11.1 Å². The van der Waals surface area contributed by atoms with E-state index in [4.69, 9.17) is 9.47 Å². The molecule has 4 heteroatoms. The van der Waals surface area contributed by atoms with E-state index in [-0.39, 0.29) is 0 Å². The molecule has 0 bridgehead atoms. The molecule has 3 nitrogen and oxygen atoms in total. The molecule has 0 aliphatic rings. The third-order valence-electron chi connectivity index (χ3n) is 3.56. The summed E-state index contributed by atoms with van der Waals surface area (Å²) in [5.74, 6) is 1.54. The molecule has 0 saturated carbocycles. The normalized spacial score (nSPS) is 12.0. The number of hydrogen-bond donors (Lipinski definition) is 1. The van der Waals surface area contributed by atoms with Gasteiger partial charge < -0.3 is 14.8 Å². The Balaban J connectivity index is 1.91. The minimum atomic E-state index is 0.377. The van der Waals surface area contributed by atoms with Crippen molar-refractivity contribution in [1.82, 2.24) is 5.32 Å². The molecule has 0 saturated heterocycles. The maximum absolute atomic E-state index is 5.35. The Morgan fingerprint density at radius 3 is 2.23 bits per heavy atom. The predicted octanol–water partition coefficient (Wildman–Crippen LogP) is 4.19. The Morgan fingerprint density at radius 2 is 1.59 bits per heavy atom. The van der Waals surface area contributed by atoms with E-state index in [0.29, 0.717) is 6.04 Å². The second kappa shape index (κ2) is 8.20. The second-order valence-electron chi connectivity index (χ2n) is 5.30. The summed E-state index contributed by atoms with van der Waals surface area (Å²) in [6, 6.07) is 14.8. The Morgan fingerprint density at radius 1 is 0.955 bits per heavy atom. The summed E-state index contributed by atoms with van der Waals surface area (Å²) < 4.78 is 11.7. The average molecular weight is 364 g/mol. The largest absolute Gasteiger partial charge is 0.493 e. The van der Waals surface area contributed by atoms with Gasteiger partial charge >= 0.3 is 0 Å². The number of benzene rings is 2. The lowest BCUT2D eigenvalue weighted by Crippen LogP contribution is -2.27. The zero-order chi connectivity index (χ0) is 15.9. The third kappa shape index (κ3) is 4.75. The van der Waals surface area contributed by atoms with E-state index >= 15 is 0 Å². The van der Waals surface area contributed by atoms with Crippen LogP contribution in [0.5, 0.6) is 11.5 Å². The third-order valence-corrected chi connectivity index (χ3v) is 4.09. The van der Waals surface area contributed by atoms with Crippen LogP contribution in [0.25, 0.3) is 0 Å². The van der Waals surface area contributed by atoms with Crippen molar-refractivity contribution in [2.45, 2.75) is 25.9 Å². The number of halogens is 1. The lowest BCUT2D eigenvalue weighted by molar-refractivity contribution is 0.354. The lowest BCUT2D eigenvalue weighted by atomic mass is 10.1. The van der Waals surface area contributed by atoms with Crippen LogP contribution in [0.4, 0.5) is 0 Å². The summed E-state index contributed by atoms with van der Waals surface area (Å²) in [6.07, 6.45) is 0.941. The molecule has 0 unspecified atom stereocenters. The van der Waals surface area contributed by atoms with Gasteiger partial charge in [-0.1, -0.05) is 34.1 Å². The van der Waals surface area contributed by atoms with Gasteiger partial charge in [0.2, 0.25) is 0 Å². The number of ether oxygens (including phenoxy) is 2. The van der Waals surface area contributed by atoms with Crippen molar-refractivity contribution in [3.8, 4) is 11.5 Å². The summed E-state index contributed by atoms with van der Waals surface area (Å²) in [5, 5.41) is 3.55. The fraction of sp³-hybridized carbons (Fsp3) is 0.333. The minimum absolute atomic E-state index is 0.377. The van der Waals surface area contributed by atoms with E-state index in [9.17, 15) is 0 Å². The predicted molar refractivity (Wildman–Crippen MR) is 93.7 cm³/mol. The number of rotatable bonds is 7. The molecule has 0 spiro atoms. The van der Waals surface area contributed by atoms with Crippen molar-refractivity contribution in [2.75, 3.05) is 14.2 Å². The first-order valence-corrected chi connectivity index (χ1v) is 8.10. The van der Waals surface area contributed by atoms with E-state index in [1.54, 1.807) is 14.2 Å². The van der Waals surface area contributed by atoms with Crippen LogP contribution in [0.3, 0.4) is 0 Å². The van der Waals surface area contributed by atoms with Crippen molar-refractivity contribution < 1.29 is 9.47 Å². The molecule has 0 radical (unpaired) electrons. The van der Waals surface area contributed by atoms with Gasteiger partial charge in [-0.25, -0.2) is 0 Å². The first-order chi connectivity index (χ1) is 10.6. The van der Waals surface area contributed by atoms with Gasteiger partial charge in [0.15, 0.2) is 11.5 Å². The van der Waals surface area contributed by atoms with Gasteiger partial charge in [0.1, 0.15) is 0 Å². The van der Waals surface area contributed by atoms with Crippen LogP contribution >= 0.6 is 15.9 Å². The Kier molecular flexibility index (Phi) is 6.28. The van der Waals surface area contributed by atoms with Crippen molar-refractivity contribution in [1.29, 1.82) is 0 Å². The van der Waals surface area contributed by atoms with Crippen molar-refractivity contribution in [2.24, 2.45) is 0 Å². The lowest BCUT2D eigenvalue weighted by Gasteiger charge is -2.15. The van der Waals surface area contributed by atoms with Crippen LogP contribution < -0.4 is 14.8 Å². The fourth-order valence-electron chi connectivity index (χ4n) is 2.33. The minimum Gasteiger partial charge on any atom is -0.493 e. The van der Waals surface area contributed by atoms with Gasteiger partial charge in [-0.05, 0) is 48.7 Å². The molecule has 2 rings (SSSR count). The summed E-state index contributed by atoms with van der Waals surface area (Å²) in [4.78, 5) is 0. The Bertz CT molecular complexity index is 599. The summed E-state index contributed by atoms with van der Waals surface area (Å²) in [7, 11) is 3.32. The first-order valence-electron chi connectivity index (χ1n) is 7.31. The molecule has 22 heavy (non-hydrogen) atoms. The van der Waals surface area contributed by atoms with E-state index < -0.39 is 0 Å². The van der Waals surface area contributed by atoms with Gasteiger partial charge in [0.05, 0.1) is 14.2 Å². The quantitative estimate of drug-likeness (QED) is 0.799. The summed E-state index contributed by atoms with van der Waals surface area (Å²) in [6.45, 7) is 3.05. The first kappa shape index (κ1) is 16.8. The highest BCUT2D eigenvalue weighted by Gasteiger charge is 2.08. The molecule has 0 amide bonds. The molecule has 1 atom stereocenters. The standard InChI is InChI=1S/C18H22BrNO2/c1-13(20-12-14-4-7-16(19)8-5-14)10-15-6-9-17(21-2)18(11-15)22-3/h4-9,11,13,20H,10,12H2,1-3H3/t13-/m0/s1. The van der Waals surface area contributed by atoms with Gasteiger partial charge in [-0.3, -0.25) is 0 Å². The van der Waals surface area contributed by atoms with E-state index in [2.05, 4.69) is 58.5 Å². The molecular weight excluding hydrogens is 342 g/mol. The zero-order valence-corrected chi connectivity index (χ0v) is 14.8. The number of hydrogen-bond acceptors (Lipinski definition) is 3. The van der Waals surface area contributed by atoms with Crippen LogP contribution in [-0.4, -0.2) is 20.3 Å². The average Bonchev–Trinajstić information content (AvgIpc) is 2.54. The SMILES string of the molecule is COc1ccc(C[C@H](C)NCc2ccc(Br)cc2)cc1OC. The van der Waals surface area contributed by atoms with Gasteiger partial charge in [0, 0.05) is 17.1 Å². The highest BCUT2D eigenvalue weighted by Crippen LogP contribution is 2.27. The molecule has 0 aromatic heterocycles. The molecule has 0 aliphatic heterocycles. The molecule has 0 aliphatic carbocycles. The van der Waals surface area contributed by atoms with Crippen LogP contribution in [0.2, 0.25) is 0 Å². The maximum atomic E-state index is 5.35. The van der Waals surface area contributed by atoms with Crippen molar-refractivity contribution >= 4 is 15.9 Å².